The molecule has 1 aromatic carbocycles. The Bertz CT molecular complexity index is 2610. The topological polar surface area (TPSA) is 427 Å². The second-order valence-electron chi connectivity index (χ2n) is 12.8. The minimum Gasteiger partial charge on any atom is -0.390 e. The smallest absolute Gasteiger partial charge is 0.390 e. The monoisotopic (exact) mass is 935 g/mol. The van der Waals surface area contributed by atoms with Crippen LogP contribution >= 0.6 is 23.5 Å². The van der Waals surface area contributed by atoms with E-state index in [4.69, 9.17) is 14.5 Å². The van der Waals surface area contributed by atoms with Crippen molar-refractivity contribution in [3.05, 3.63) is 89.8 Å². The number of imidazole rings is 1. The Kier molecular flexibility index (Phi) is 15.3. The van der Waals surface area contributed by atoms with E-state index in [0.29, 0.717) is 42.9 Å². The Hall–Kier alpha value is -5.61. The SMILES string of the molecule is O=C(/C=C/c1cn(C2CC(O)C(COP(=O)(O)OP(=O)(O)OP(=O)(O)O)O2)c(=O)[nH]c1=O)NCCNc1ncnc2c1ncn2CCCCNc1ccc([N+](=O)[O-])cc1[N+](=O)[O-]. The molecule has 336 valence electrons. The van der Waals surface area contributed by atoms with Gasteiger partial charge in [0.25, 0.3) is 16.9 Å². The van der Waals surface area contributed by atoms with Gasteiger partial charge in [-0.1, -0.05) is 0 Å². The summed E-state index contributed by atoms with van der Waals surface area (Å²) in [5.74, 6) is -0.271. The highest BCUT2D eigenvalue weighted by Crippen LogP contribution is 2.66. The quantitative estimate of drug-likeness (QED) is 0.0171. The van der Waals surface area contributed by atoms with Gasteiger partial charge in [-0.15, -0.1) is 0 Å². The molecule has 30 nitrogen and oxygen atoms in total. The van der Waals surface area contributed by atoms with Gasteiger partial charge < -0.3 is 49.9 Å². The number of aliphatic hydroxyl groups is 1. The summed E-state index contributed by atoms with van der Waals surface area (Å²) >= 11 is 0. The maximum Gasteiger partial charge on any atom is 0.490 e. The fourth-order valence-corrected chi connectivity index (χ4v) is 8.70. The van der Waals surface area contributed by atoms with Crippen molar-refractivity contribution in [2.24, 2.45) is 0 Å². The number of nitro groups is 2. The van der Waals surface area contributed by atoms with Gasteiger partial charge in [0.15, 0.2) is 11.5 Å². The number of nitrogens with one attached hydrogen (secondary N) is 4. The number of phosphoric acid groups is 3. The number of carbonyl (C=O) groups is 1. The Balaban J connectivity index is 1.08. The summed E-state index contributed by atoms with van der Waals surface area (Å²) in [5, 5.41) is 41.3. The van der Waals surface area contributed by atoms with Crippen LogP contribution in [0.2, 0.25) is 0 Å². The van der Waals surface area contributed by atoms with Crippen LogP contribution in [0.1, 0.15) is 31.1 Å². The number of nitro benzene ring substituents is 2. The first-order valence-electron chi connectivity index (χ1n) is 17.6. The van der Waals surface area contributed by atoms with Crippen LogP contribution in [0.4, 0.5) is 22.9 Å². The van der Waals surface area contributed by atoms with Gasteiger partial charge >= 0.3 is 29.2 Å². The first-order chi connectivity index (χ1) is 29.1. The number of hydrogen-bond acceptors (Lipinski definition) is 20. The van der Waals surface area contributed by atoms with Crippen molar-refractivity contribution in [3.63, 3.8) is 0 Å². The van der Waals surface area contributed by atoms with Crippen molar-refractivity contribution >= 4 is 69.5 Å². The normalized spacial score (nSPS) is 18.6. The number of fused-ring (bicyclic) bond motifs is 1. The highest BCUT2D eigenvalue weighted by Gasteiger charge is 2.43. The van der Waals surface area contributed by atoms with E-state index >= 15 is 0 Å². The Morgan fingerprint density at radius 1 is 1.00 bits per heavy atom. The first-order valence-corrected chi connectivity index (χ1v) is 22.1. The van der Waals surface area contributed by atoms with Gasteiger partial charge in [-0.25, -0.2) is 33.4 Å². The van der Waals surface area contributed by atoms with Gasteiger partial charge in [0.2, 0.25) is 5.91 Å². The van der Waals surface area contributed by atoms with Gasteiger partial charge in [0.05, 0.1) is 40.5 Å². The Labute approximate surface area is 345 Å². The molecule has 1 aliphatic heterocycles. The molecule has 5 rings (SSSR count). The molecule has 9 N–H and O–H groups in total. The number of phosphoric ester groups is 1. The number of H-pyrrole nitrogens is 1. The summed E-state index contributed by atoms with van der Waals surface area (Å²) in [6.45, 7) is 0.0760. The summed E-state index contributed by atoms with van der Waals surface area (Å²) in [6, 6.07) is 3.35. The maximum absolute atomic E-state index is 12.6. The Morgan fingerprint density at radius 3 is 2.47 bits per heavy atom. The van der Waals surface area contributed by atoms with Crippen molar-refractivity contribution in [1.82, 2.24) is 34.4 Å². The van der Waals surface area contributed by atoms with E-state index in [1.165, 1.54) is 18.5 Å². The molecule has 1 saturated heterocycles. The van der Waals surface area contributed by atoms with E-state index in [2.05, 4.69) is 44.0 Å². The van der Waals surface area contributed by atoms with E-state index in [9.17, 15) is 63.2 Å². The highest BCUT2D eigenvalue weighted by molar-refractivity contribution is 7.66. The standard InChI is InChI=1S/C29H36N11O19P3/c41-21-12-24(57-22(21)14-56-61(52,53)59-62(54,55)58-60(49,50)51)38-13-17(28(43)36-29(38)44)3-6-23(42)31-8-9-32-26-25-27(34-15-33-26)37(16-35-25)10-2-1-7-30-19-5-4-18(39(45)46)11-20(19)40(47)48/h3-6,11,13,15-16,21-22,24,30,41H,1-2,7-10,12,14H2,(H,31,42)(H,52,53)(H,54,55)(H,32,33,34)(H,36,43,44)(H2,49,50,51)/b6-3+. The lowest BCUT2D eigenvalue weighted by Crippen LogP contribution is -2.33. The number of nitrogens with zero attached hydrogens (tertiary/aromatic N) is 7. The van der Waals surface area contributed by atoms with Crippen LogP contribution in [0, 0.1) is 20.2 Å². The second kappa shape index (κ2) is 20.1. The summed E-state index contributed by atoms with van der Waals surface area (Å²) in [7, 11) is -17.0. The van der Waals surface area contributed by atoms with Crippen LogP contribution in [0.15, 0.2) is 52.7 Å². The lowest BCUT2D eigenvalue weighted by atomic mass is 10.2. The molecule has 5 unspecified atom stereocenters. The van der Waals surface area contributed by atoms with Gasteiger partial charge in [-0.3, -0.25) is 43.9 Å². The number of rotatable bonds is 22. The number of aliphatic hydroxyl groups excluding tert-OH is 1. The summed E-state index contributed by atoms with van der Waals surface area (Å²) in [5.41, 5.74) is -1.78. The Morgan fingerprint density at radius 2 is 1.76 bits per heavy atom. The number of amides is 1. The van der Waals surface area contributed by atoms with Crippen LogP contribution in [0.5, 0.6) is 0 Å². The molecule has 62 heavy (non-hydrogen) atoms. The molecule has 5 atom stereocenters. The van der Waals surface area contributed by atoms with Crippen LogP contribution in [-0.4, -0.2) is 108 Å². The molecule has 0 radical (unpaired) electrons. The number of benzene rings is 1. The molecule has 33 heteroatoms. The third kappa shape index (κ3) is 13.2. The van der Waals surface area contributed by atoms with E-state index in [1.54, 1.807) is 10.9 Å². The highest BCUT2D eigenvalue weighted by atomic mass is 31.3. The number of ether oxygens (including phenoxy) is 1. The van der Waals surface area contributed by atoms with Gasteiger partial charge in [0.1, 0.15) is 29.9 Å². The van der Waals surface area contributed by atoms with Crippen LogP contribution in [0.3, 0.4) is 0 Å². The number of non-ortho nitro benzene ring substituents is 1. The largest absolute Gasteiger partial charge is 0.490 e. The molecule has 0 saturated carbocycles. The molecular weight excluding hydrogens is 899 g/mol. The number of carbonyl (C=O) groups excluding carboxylic acids is 1. The van der Waals surface area contributed by atoms with E-state index in [-0.39, 0.29) is 30.8 Å². The van der Waals surface area contributed by atoms with Crippen molar-refractivity contribution < 1.29 is 70.9 Å². The van der Waals surface area contributed by atoms with Crippen molar-refractivity contribution in [2.75, 3.05) is 36.9 Å². The molecule has 1 amide bonds. The molecular formula is C29H36N11O19P3. The van der Waals surface area contributed by atoms with Crippen molar-refractivity contribution in [3.8, 4) is 0 Å². The van der Waals surface area contributed by atoms with Crippen LogP contribution in [0.25, 0.3) is 17.2 Å². The molecule has 0 spiro atoms. The number of hydrogen-bond donors (Lipinski definition) is 9. The molecule has 1 aliphatic rings. The third-order valence-electron chi connectivity index (χ3n) is 8.39. The van der Waals surface area contributed by atoms with Crippen LogP contribution in [-0.2, 0) is 42.9 Å². The zero-order valence-electron chi connectivity index (χ0n) is 31.4. The fraction of sp³-hybridized carbons (Fsp3) is 0.379. The van der Waals surface area contributed by atoms with E-state index in [0.717, 1.165) is 29.0 Å². The molecule has 4 heterocycles. The van der Waals surface area contributed by atoms with Crippen molar-refractivity contribution in [1.29, 1.82) is 0 Å². The van der Waals surface area contributed by atoms with Gasteiger partial charge in [-0.2, -0.15) is 8.62 Å². The third-order valence-corrected chi connectivity index (χ3v) is 12.2. The average molecular weight is 936 g/mol. The molecule has 0 aliphatic carbocycles. The lowest BCUT2D eigenvalue weighted by molar-refractivity contribution is -0.393. The molecule has 1 fully saturated rings. The minimum absolute atomic E-state index is 0.0702. The van der Waals surface area contributed by atoms with Gasteiger partial charge in [-0.05, 0) is 25.0 Å². The number of aromatic amines is 1. The van der Waals surface area contributed by atoms with Gasteiger partial charge in [0, 0.05) is 50.9 Å². The molecule has 4 aromatic rings. The predicted molar refractivity (Wildman–Crippen MR) is 209 cm³/mol. The number of anilines is 2. The zero-order valence-corrected chi connectivity index (χ0v) is 34.1. The van der Waals surface area contributed by atoms with Crippen LogP contribution < -0.4 is 27.2 Å². The fourth-order valence-electron chi connectivity index (χ4n) is 5.67. The average Bonchev–Trinajstić information content (AvgIpc) is 3.76. The van der Waals surface area contributed by atoms with E-state index < -0.39 is 86.9 Å². The maximum atomic E-state index is 12.6. The first kappa shape index (κ1) is 47.4. The molecule has 3 aromatic heterocycles. The summed E-state index contributed by atoms with van der Waals surface area (Å²) < 4.78 is 54.2. The molecule has 0 bridgehead atoms. The zero-order chi connectivity index (χ0) is 45.4. The lowest BCUT2D eigenvalue weighted by Gasteiger charge is -2.19. The number of aromatic nitrogens is 6. The van der Waals surface area contributed by atoms with Crippen molar-refractivity contribution in [2.45, 2.75) is 44.2 Å². The number of aryl methyl sites for hydroxylation is 1. The van der Waals surface area contributed by atoms with E-state index in [1.807, 2.05) is 4.98 Å². The second-order valence-corrected chi connectivity index (χ2v) is 17.2. The number of unbranched alkanes of at least 4 members (excludes halogenated alkanes) is 1. The predicted octanol–water partition coefficient (Wildman–Crippen LogP) is 0.618. The summed E-state index contributed by atoms with van der Waals surface area (Å²) in [4.78, 5) is 110. The summed E-state index contributed by atoms with van der Waals surface area (Å²) in [6.07, 6.45) is 2.59. The minimum atomic E-state index is -5.80.